The monoisotopic (exact) mass is 246 g/mol. The fourth-order valence-corrected chi connectivity index (χ4v) is 3.15. The van der Waals surface area contributed by atoms with Crippen LogP contribution in [-0.4, -0.2) is 11.5 Å². The molecule has 0 spiro atoms. The van der Waals surface area contributed by atoms with E-state index < -0.39 is 0 Å². The van der Waals surface area contributed by atoms with E-state index in [1.165, 1.54) is 36.1 Å². The van der Waals surface area contributed by atoms with E-state index in [2.05, 4.69) is 51.0 Å². The Morgan fingerprint density at radius 2 is 2.00 bits per heavy atom. The largest absolute Gasteiger partial charge is 0.310 e. The minimum absolute atomic E-state index is 0.399. The van der Waals surface area contributed by atoms with Crippen LogP contribution in [0.25, 0.3) is 0 Å². The molecule has 0 aromatic carbocycles. The molecule has 1 aliphatic carbocycles. The van der Waals surface area contributed by atoms with Gasteiger partial charge in [0.25, 0.3) is 0 Å². The summed E-state index contributed by atoms with van der Waals surface area (Å²) in [6, 6.07) is 2.58. The Hall–Kier alpha value is -0.890. The van der Waals surface area contributed by atoms with Crippen molar-refractivity contribution in [1.29, 1.82) is 0 Å². The molecule has 2 nitrogen and oxygen atoms in total. The second-order valence-electron chi connectivity index (χ2n) is 6.35. The molecule has 1 N–H and O–H groups in total. The predicted octanol–water partition coefficient (Wildman–Crippen LogP) is 3.85. The van der Waals surface area contributed by atoms with E-state index in [0.29, 0.717) is 11.5 Å². The van der Waals surface area contributed by atoms with Gasteiger partial charge in [-0.1, -0.05) is 13.3 Å². The number of nitrogens with zero attached hydrogens (tertiary/aromatic N) is 1. The van der Waals surface area contributed by atoms with Crippen LogP contribution in [0, 0.1) is 26.2 Å². The van der Waals surface area contributed by atoms with Gasteiger partial charge in [0, 0.05) is 24.0 Å². The molecule has 100 valence electrons. The molecule has 1 heterocycles. The lowest BCUT2D eigenvalue weighted by atomic mass is 9.70. The fourth-order valence-electron chi connectivity index (χ4n) is 3.15. The molecule has 18 heavy (non-hydrogen) atoms. The van der Waals surface area contributed by atoms with Crippen molar-refractivity contribution in [2.24, 2.45) is 5.41 Å². The third-order valence-corrected chi connectivity index (χ3v) is 4.41. The second-order valence-corrected chi connectivity index (χ2v) is 6.35. The van der Waals surface area contributed by atoms with Crippen LogP contribution in [0.3, 0.4) is 0 Å². The van der Waals surface area contributed by atoms with E-state index in [4.69, 9.17) is 0 Å². The molecule has 0 bridgehead atoms. The number of nitrogens with one attached hydrogen (secondary N) is 1. The summed E-state index contributed by atoms with van der Waals surface area (Å²) in [5, 5.41) is 3.70. The number of aryl methyl sites for hydroxylation is 3. The summed E-state index contributed by atoms with van der Waals surface area (Å²) in [4.78, 5) is 4.59. The van der Waals surface area contributed by atoms with Crippen LogP contribution >= 0.6 is 0 Å². The van der Waals surface area contributed by atoms with E-state index in [0.717, 1.165) is 12.2 Å². The molecule has 0 aliphatic heterocycles. The highest BCUT2D eigenvalue weighted by Gasteiger charge is 2.31. The number of hydrogen-bond donors (Lipinski definition) is 1. The van der Waals surface area contributed by atoms with Gasteiger partial charge in [-0.25, -0.2) is 0 Å². The standard InChI is InChI=1S/C16H26N2/c1-11-9-12(2)18-14(4)15(11)13(3)17-10-16(5)7-6-8-16/h9,13,17H,6-8,10H2,1-5H3. The summed E-state index contributed by atoms with van der Waals surface area (Å²) in [6.45, 7) is 12.2. The van der Waals surface area contributed by atoms with Crippen molar-refractivity contribution in [2.45, 2.75) is 59.9 Å². The maximum absolute atomic E-state index is 4.59. The molecule has 0 amide bonds. The first-order valence-electron chi connectivity index (χ1n) is 7.09. The Bertz CT molecular complexity index is 410. The maximum Gasteiger partial charge on any atom is 0.0426 e. The van der Waals surface area contributed by atoms with Gasteiger partial charge in [-0.3, -0.25) is 4.98 Å². The van der Waals surface area contributed by atoms with Crippen LogP contribution in [-0.2, 0) is 0 Å². The van der Waals surface area contributed by atoms with Gasteiger partial charge in [0.2, 0.25) is 0 Å². The molecule has 1 fully saturated rings. The molecule has 1 saturated carbocycles. The highest BCUT2D eigenvalue weighted by Crippen LogP contribution is 2.40. The summed E-state index contributed by atoms with van der Waals surface area (Å²) >= 11 is 0. The highest BCUT2D eigenvalue weighted by molar-refractivity contribution is 5.33. The third kappa shape index (κ3) is 2.74. The first-order chi connectivity index (χ1) is 8.41. The normalized spacial score (nSPS) is 19.4. The van der Waals surface area contributed by atoms with Crippen LogP contribution in [0.1, 0.15) is 61.7 Å². The van der Waals surface area contributed by atoms with Gasteiger partial charge in [-0.05, 0) is 63.1 Å². The Labute approximate surface area is 111 Å². The van der Waals surface area contributed by atoms with Crippen LogP contribution < -0.4 is 5.32 Å². The lowest BCUT2D eigenvalue weighted by Gasteiger charge is -2.39. The van der Waals surface area contributed by atoms with Crippen molar-refractivity contribution < 1.29 is 0 Å². The molecule has 0 radical (unpaired) electrons. The van der Waals surface area contributed by atoms with E-state index in [9.17, 15) is 0 Å². The molecule has 0 saturated heterocycles. The molecular formula is C16H26N2. The zero-order chi connectivity index (χ0) is 13.3. The van der Waals surface area contributed by atoms with Crippen LogP contribution in [0.15, 0.2) is 6.07 Å². The van der Waals surface area contributed by atoms with E-state index >= 15 is 0 Å². The number of rotatable bonds is 4. The molecule has 1 aliphatic rings. The average Bonchev–Trinajstić information content (AvgIpc) is 2.22. The van der Waals surface area contributed by atoms with Gasteiger partial charge >= 0.3 is 0 Å². The van der Waals surface area contributed by atoms with Gasteiger partial charge in [0.15, 0.2) is 0 Å². The first kappa shape index (κ1) is 13.5. The van der Waals surface area contributed by atoms with Crippen molar-refractivity contribution >= 4 is 0 Å². The summed E-state index contributed by atoms with van der Waals surface area (Å²) in [5.41, 5.74) is 5.56. The van der Waals surface area contributed by atoms with Crippen LogP contribution in [0.5, 0.6) is 0 Å². The Morgan fingerprint density at radius 1 is 1.33 bits per heavy atom. The highest BCUT2D eigenvalue weighted by atomic mass is 14.9. The summed E-state index contributed by atoms with van der Waals surface area (Å²) in [7, 11) is 0. The van der Waals surface area contributed by atoms with Gasteiger partial charge < -0.3 is 5.32 Å². The summed E-state index contributed by atoms with van der Waals surface area (Å²) in [6.07, 6.45) is 4.14. The van der Waals surface area contributed by atoms with Crippen molar-refractivity contribution in [1.82, 2.24) is 10.3 Å². The third-order valence-electron chi connectivity index (χ3n) is 4.41. The SMILES string of the molecule is Cc1cc(C)c(C(C)NCC2(C)CCC2)c(C)n1. The zero-order valence-corrected chi connectivity index (χ0v) is 12.4. The quantitative estimate of drug-likeness (QED) is 0.873. The lowest BCUT2D eigenvalue weighted by Crippen LogP contribution is -2.38. The smallest absolute Gasteiger partial charge is 0.0426 e. The summed E-state index contributed by atoms with van der Waals surface area (Å²) < 4.78 is 0. The van der Waals surface area contributed by atoms with E-state index in [-0.39, 0.29) is 0 Å². The van der Waals surface area contributed by atoms with Crippen LogP contribution in [0.2, 0.25) is 0 Å². The predicted molar refractivity (Wildman–Crippen MR) is 76.8 cm³/mol. The second kappa shape index (κ2) is 5.00. The molecule has 2 heteroatoms. The molecule has 2 rings (SSSR count). The maximum atomic E-state index is 4.59. The van der Waals surface area contributed by atoms with E-state index in [1.807, 2.05) is 0 Å². The molecule has 1 unspecified atom stereocenters. The molecule has 1 aromatic heterocycles. The Morgan fingerprint density at radius 3 is 2.50 bits per heavy atom. The zero-order valence-electron chi connectivity index (χ0n) is 12.4. The number of hydrogen-bond acceptors (Lipinski definition) is 2. The fraction of sp³-hybridized carbons (Fsp3) is 0.688. The van der Waals surface area contributed by atoms with Crippen molar-refractivity contribution in [3.63, 3.8) is 0 Å². The lowest BCUT2D eigenvalue weighted by molar-refractivity contribution is 0.152. The number of aromatic nitrogens is 1. The van der Waals surface area contributed by atoms with E-state index in [1.54, 1.807) is 0 Å². The molecule has 1 aromatic rings. The number of pyridine rings is 1. The van der Waals surface area contributed by atoms with Gasteiger partial charge in [0.05, 0.1) is 0 Å². The minimum atomic E-state index is 0.399. The topological polar surface area (TPSA) is 24.9 Å². The van der Waals surface area contributed by atoms with Gasteiger partial charge in [-0.2, -0.15) is 0 Å². The van der Waals surface area contributed by atoms with Crippen molar-refractivity contribution in [2.75, 3.05) is 6.54 Å². The Kier molecular flexibility index (Phi) is 3.76. The van der Waals surface area contributed by atoms with Gasteiger partial charge in [0.1, 0.15) is 0 Å². The Balaban J connectivity index is 2.06. The minimum Gasteiger partial charge on any atom is -0.310 e. The first-order valence-corrected chi connectivity index (χ1v) is 7.09. The van der Waals surface area contributed by atoms with Crippen molar-refractivity contribution in [3.8, 4) is 0 Å². The van der Waals surface area contributed by atoms with Crippen molar-refractivity contribution in [3.05, 3.63) is 28.6 Å². The molecule has 1 atom stereocenters. The van der Waals surface area contributed by atoms with Crippen LogP contribution in [0.4, 0.5) is 0 Å². The van der Waals surface area contributed by atoms with Gasteiger partial charge in [-0.15, -0.1) is 0 Å². The molecular weight excluding hydrogens is 220 g/mol. The summed E-state index contributed by atoms with van der Waals surface area (Å²) in [5.74, 6) is 0. The average molecular weight is 246 g/mol.